The van der Waals surface area contributed by atoms with Crippen molar-refractivity contribution in [3.63, 3.8) is 0 Å². The number of methoxy groups -OCH3 is 1. The van der Waals surface area contributed by atoms with Crippen LogP contribution in [0.1, 0.15) is 57.2 Å². The van der Waals surface area contributed by atoms with Gasteiger partial charge in [-0.1, -0.05) is 42.5 Å². The van der Waals surface area contributed by atoms with Crippen LogP contribution in [0.5, 0.6) is 5.75 Å². The molecule has 0 aliphatic carbocycles. The Labute approximate surface area is 164 Å². The van der Waals surface area contributed by atoms with E-state index in [1.54, 1.807) is 7.11 Å². The fraction of sp³-hybridized carbons (Fsp3) is 0.500. The summed E-state index contributed by atoms with van der Waals surface area (Å²) in [5.74, 6) is 0.901. The summed E-state index contributed by atoms with van der Waals surface area (Å²) in [6.45, 7) is 8.48. The van der Waals surface area contributed by atoms with Gasteiger partial charge in [-0.15, -0.1) is 0 Å². The molecular weight excluding hydrogens is 334 g/mol. The lowest BCUT2D eigenvalue weighted by molar-refractivity contribution is -0.0840. The van der Waals surface area contributed by atoms with E-state index in [2.05, 4.69) is 68.6 Å². The van der Waals surface area contributed by atoms with Crippen LogP contribution in [0.15, 0.2) is 54.6 Å². The summed E-state index contributed by atoms with van der Waals surface area (Å²) in [7, 11) is 1.70. The molecule has 2 aromatic rings. The van der Waals surface area contributed by atoms with Crippen LogP contribution in [0.2, 0.25) is 0 Å². The molecule has 3 heteroatoms. The first-order valence-corrected chi connectivity index (χ1v) is 10.0. The van der Waals surface area contributed by atoms with Gasteiger partial charge in [0.15, 0.2) is 0 Å². The first-order valence-electron chi connectivity index (χ1n) is 10.0. The molecule has 0 amide bonds. The van der Waals surface area contributed by atoms with E-state index >= 15 is 0 Å². The van der Waals surface area contributed by atoms with Crippen LogP contribution in [0.3, 0.4) is 0 Å². The predicted octanol–water partition coefficient (Wildman–Crippen LogP) is 5.26. The van der Waals surface area contributed by atoms with E-state index < -0.39 is 0 Å². The first-order chi connectivity index (χ1) is 12.9. The summed E-state index contributed by atoms with van der Waals surface area (Å²) in [5.41, 5.74) is 2.84. The van der Waals surface area contributed by atoms with Gasteiger partial charge < -0.3 is 14.8 Å². The molecule has 0 spiro atoms. The molecule has 3 nitrogen and oxygen atoms in total. The van der Waals surface area contributed by atoms with Crippen LogP contribution in [0.25, 0.3) is 0 Å². The van der Waals surface area contributed by atoms with E-state index in [9.17, 15) is 0 Å². The number of nitrogens with one attached hydrogen (secondary N) is 1. The van der Waals surface area contributed by atoms with Crippen molar-refractivity contribution in [2.75, 3.05) is 20.3 Å². The van der Waals surface area contributed by atoms with Crippen molar-refractivity contribution in [1.29, 1.82) is 0 Å². The topological polar surface area (TPSA) is 30.5 Å². The van der Waals surface area contributed by atoms with Crippen LogP contribution >= 0.6 is 0 Å². The van der Waals surface area contributed by atoms with Crippen LogP contribution < -0.4 is 10.1 Å². The molecule has 2 aromatic carbocycles. The van der Waals surface area contributed by atoms with Gasteiger partial charge in [0, 0.05) is 18.1 Å². The maximum Gasteiger partial charge on any atom is 0.118 e. The second-order valence-corrected chi connectivity index (χ2v) is 8.38. The van der Waals surface area contributed by atoms with Crippen molar-refractivity contribution in [3.05, 3.63) is 65.7 Å². The summed E-state index contributed by atoms with van der Waals surface area (Å²) >= 11 is 0. The van der Waals surface area contributed by atoms with Crippen molar-refractivity contribution in [1.82, 2.24) is 5.32 Å². The lowest BCUT2D eigenvalue weighted by atomic mass is 9.67. The lowest BCUT2D eigenvalue weighted by Crippen LogP contribution is -2.45. The summed E-state index contributed by atoms with van der Waals surface area (Å²) in [6, 6.07) is 19.6. The molecular formula is C24H33NO2. The van der Waals surface area contributed by atoms with Gasteiger partial charge >= 0.3 is 0 Å². The Hall–Kier alpha value is -1.84. The number of rotatable bonds is 7. The van der Waals surface area contributed by atoms with E-state index in [0.717, 1.165) is 38.2 Å². The van der Waals surface area contributed by atoms with Crippen LogP contribution in [0.4, 0.5) is 0 Å². The van der Waals surface area contributed by atoms with E-state index in [1.165, 1.54) is 11.1 Å². The highest BCUT2D eigenvalue weighted by Crippen LogP contribution is 2.43. The molecule has 0 bridgehead atoms. The van der Waals surface area contributed by atoms with Gasteiger partial charge in [-0.3, -0.25) is 0 Å². The van der Waals surface area contributed by atoms with Crippen LogP contribution in [-0.4, -0.2) is 25.9 Å². The Morgan fingerprint density at radius 1 is 1.07 bits per heavy atom. The molecule has 1 heterocycles. The largest absolute Gasteiger partial charge is 0.497 e. The van der Waals surface area contributed by atoms with E-state index in [0.29, 0.717) is 6.04 Å². The van der Waals surface area contributed by atoms with Crippen molar-refractivity contribution < 1.29 is 9.47 Å². The van der Waals surface area contributed by atoms with Crippen LogP contribution in [-0.2, 0) is 10.2 Å². The normalized spacial score (nSPS) is 23.0. The molecule has 2 atom stereocenters. The third kappa shape index (κ3) is 4.91. The van der Waals surface area contributed by atoms with Crippen molar-refractivity contribution in [3.8, 4) is 5.75 Å². The molecule has 1 fully saturated rings. The molecule has 0 saturated carbocycles. The maximum atomic E-state index is 6.03. The molecule has 0 radical (unpaired) electrons. The SMILES string of the molecule is COc1ccc([C@H](C)NCC[C@]2(c3ccccc3)CCOC(C)(C)C2)cc1. The van der Waals surface area contributed by atoms with Gasteiger partial charge in [-0.2, -0.15) is 0 Å². The zero-order valence-electron chi connectivity index (χ0n) is 17.1. The number of hydrogen-bond acceptors (Lipinski definition) is 3. The zero-order valence-corrected chi connectivity index (χ0v) is 17.1. The third-order valence-electron chi connectivity index (χ3n) is 5.89. The molecule has 1 aliphatic heterocycles. The summed E-state index contributed by atoms with van der Waals surface area (Å²) in [6.07, 6.45) is 3.26. The molecule has 0 unspecified atom stereocenters. The van der Waals surface area contributed by atoms with Crippen LogP contribution in [0, 0.1) is 0 Å². The van der Waals surface area contributed by atoms with E-state index in [-0.39, 0.29) is 11.0 Å². The standard InChI is InChI=1S/C24H33NO2/c1-19(20-10-12-22(26-4)13-11-20)25-16-14-24(21-8-6-5-7-9-21)15-17-27-23(2,3)18-24/h5-13,19,25H,14-18H2,1-4H3/t19-,24-/m0/s1. The molecule has 1 N–H and O–H groups in total. The molecule has 1 saturated heterocycles. The molecule has 27 heavy (non-hydrogen) atoms. The second-order valence-electron chi connectivity index (χ2n) is 8.38. The zero-order chi connectivity index (χ0) is 19.3. The van der Waals surface area contributed by atoms with Crippen molar-refractivity contribution >= 4 is 0 Å². The number of hydrogen-bond donors (Lipinski definition) is 1. The van der Waals surface area contributed by atoms with Gasteiger partial charge in [0.05, 0.1) is 12.7 Å². The number of ether oxygens (including phenoxy) is 2. The Morgan fingerprint density at radius 3 is 2.41 bits per heavy atom. The average Bonchev–Trinajstić information content (AvgIpc) is 2.68. The van der Waals surface area contributed by atoms with Gasteiger partial charge in [-0.25, -0.2) is 0 Å². The quantitative estimate of drug-likeness (QED) is 0.724. The highest BCUT2D eigenvalue weighted by atomic mass is 16.5. The highest BCUT2D eigenvalue weighted by Gasteiger charge is 2.41. The Balaban J connectivity index is 1.68. The lowest BCUT2D eigenvalue weighted by Gasteiger charge is -2.45. The minimum Gasteiger partial charge on any atom is -0.497 e. The fourth-order valence-electron chi connectivity index (χ4n) is 4.41. The second kappa shape index (κ2) is 8.45. The predicted molar refractivity (Wildman–Crippen MR) is 111 cm³/mol. The van der Waals surface area contributed by atoms with Gasteiger partial charge in [0.25, 0.3) is 0 Å². The van der Waals surface area contributed by atoms with Gasteiger partial charge in [0.2, 0.25) is 0 Å². The summed E-state index contributed by atoms with van der Waals surface area (Å²) in [4.78, 5) is 0. The average molecular weight is 368 g/mol. The molecule has 3 rings (SSSR count). The highest BCUT2D eigenvalue weighted by molar-refractivity contribution is 5.29. The third-order valence-corrected chi connectivity index (χ3v) is 5.89. The minimum absolute atomic E-state index is 0.0737. The molecule has 0 aromatic heterocycles. The maximum absolute atomic E-state index is 6.03. The minimum atomic E-state index is -0.0737. The van der Waals surface area contributed by atoms with Crippen molar-refractivity contribution in [2.24, 2.45) is 0 Å². The molecule has 146 valence electrons. The van der Waals surface area contributed by atoms with E-state index in [1.807, 2.05) is 12.1 Å². The molecule has 1 aliphatic rings. The summed E-state index contributed by atoms with van der Waals surface area (Å²) < 4.78 is 11.3. The van der Waals surface area contributed by atoms with Gasteiger partial charge in [0.1, 0.15) is 5.75 Å². The van der Waals surface area contributed by atoms with Gasteiger partial charge in [-0.05, 0) is 69.8 Å². The monoisotopic (exact) mass is 367 g/mol. The fourth-order valence-corrected chi connectivity index (χ4v) is 4.41. The Kier molecular flexibility index (Phi) is 6.23. The number of benzene rings is 2. The van der Waals surface area contributed by atoms with E-state index in [4.69, 9.17) is 9.47 Å². The smallest absolute Gasteiger partial charge is 0.118 e. The Morgan fingerprint density at radius 2 is 1.78 bits per heavy atom. The summed E-state index contributed by atoms with van der Waals surface area (Å²) in [5, 5.41) is 3.72. The van der Waals surface area contributed by atoms with Crippen molar-refractivity contribution in [2.45, 2.75) is 57.1 Å². The Bertz CT molecular complexity index is 711. The first kappa shape index (κ1) is 19.9.